The standard InChI is InChI=1S/C36H34ClF3N4O5S/c37-24-10-8-23(9-11-24)20-28(41-33(46)32-22-30(45)27-21-25(50-36(38,39)40)12-13-31(27)49-32)35(48)44-18-16-42(17-19-44)29-7-3-2-6-26(29)34(47)43-14-4-1-5-15-43/h2-3,6-13,21-22,28H,1,4-5,14-20H2,(H,41,46)/t28-/m1/s1. The van der Waals surface area contributed by atoms with Crippen molar-refractivity contribution in [2.24, 2.45) is 0 Å². The molecular formula is C36H34ClF3N4O5S. The highest BCUT2D eigenvalue weighted by Gasteiger charge is 2.32. The van der Waals surface area contributed by atoms with E-state index in [0.29, 0.717) is 36.8 Å². The number of thioether (sulfide) groups is 1. The largest absolute Gasteiger partial charge is 0.451 e. The molecule has 3 heterocycles. The van der Waals surface area contributed by atoms with Crippen molar-refractivity contribution < 1.29 is 32.0 Å². The van der Waals surface area contributed by atoms with Crippen molar-refractivity contribution in [2.75, 3.05) is 44.2 Å². The number of nitrogens with one attached hydrogen (secondary N) is 1. The lowest BCUT2D eigenvalue weighted by Crippen LogP contribution is -2.56. The zero-order chi connectivity index (χ0) is 35.4. The van der Waals surface area contributed by atoms with Gasteiger partial charge in [0.25, 0.3) is 11.8 Å². The van der Waals surface area contributed by atoms with E-state index in [9.17, 15) is 32.3 Å². The molecule has 0 aliphatic carbocycles. The van der Waals surface area contributed by atoms with Crippen LogP contribution in [-0.2, 0) is 11.2 Å². The molecule has 2 aliphatic rings. The second-order valence-electron chi connectivity index (χ2n) is 12.2. The molecule has 0 spiro atoms. The van der Waals surface area contributed by atoms with Gasteiger partial charge in [-0.3, -0.25) is 19.2 Å². The molecule has 0 unspecified atom stereocenters. The minimum absolute atomic E-state index is 0.00512. The minimum atomic E-state index is -4.54. The third-order valence-electron chi connectivity index (χ3n) is 8.82. The first-order valence-electron chi connectivity index (χ1n) is 16.3. The summed E-state index contributed by atoms with van der Waals surface area (Å²) in [5, 5.41) is 3.11. The number of halogens is 4. The SMILES string of the molecule is O=C(N[C@H](Cc1ccc(Cl)cc1)C(=O)N1CCN(c2ccccc2C(=O)N2CCCCC2)CC1)c1cc(=O)c2cc(SC(F)(F)F)ccc2o1. The number of alkyl halides is 3. The third-order valence-corrected chi connectivity index (χ3v) is 9.80. The molecular weight excluding hydrogens is 693 g/mol. The van der Waals surface area contributed by atoms with Crippen LogP contribution >= 0.6 is 23.4 Å². The quantitative estimate of drug-likeness (QED) is 0.211. The number of piperidine rings is 1. The Kier molecular flexibility index (Phi) is 10.7. The molecule has 2 aliphatic heterocycles. The van der Waals surface area contributed by atoms with Crippen LogP contribution in [0.15, 0.2) is 86.9 Å². The number of para-hydroxylation sites is 1. The molecule has 3 aromatic carbocycles. The number of anilines is 1. The first-order valence-corrected chi connectivity index (χ1v) is 17.5. The van der Waals surface area contributed by atoms with Crippen LogP contribution in [0.2, 0.25) is 5.02 Å². The number of likely N-dealkylation sites (tertiary alicyclic amines) is 1. The number of carbonyl (C=O) groups is 3. The number of piperazine rings is 1. The first-order chi connectivity index (χ1) is 23.9. The van der Waals surface area contributed by atoms with Crippen molar-refractivity contribution in [1.82, 2.24) is 15.1 Å². The molecule has 0 radical (unpaired) electrons. The molecule has 2 fully saturated rings. The van der Waals surface area contributed by atoms with E-state index < -0.39 is 22.9 Å². The predicted molar refractivity (Wildman–Crippen MR) is 186 cm³/mol. The Morgan fingerprint density at radius 1 is 0.860 bits per heavy atom. The zero-order valence-corrected chi connectivity index (χ0v) is 28.5. The normalized spacial score (nSPS) is 16.0. The Labute approximate surface area is 295 Å². The Bertz CT molecular complexity index is 1940. The van der Waals surface area contributed by atoms with Gasteiger partial charge in [0.2, 0.25) is 5.91 Å². The van der Waals surface area contributed by atoms with Gasteiger partial charge in [0, 0.05) is 67.4 Å². The van der Waals surface area contributed by atoms with Gasteiger partial charge in [0.1, 0.15) is 11.6 Å². The van der Waals surface area contributed by atoms with Crippen molar-refractivity contribution in [3.05, 3.63) is 105 Å². The highest BCUT2D eigenvalue weighted by Crippen LogP contribution is 2.37. The molecule has 6 rings (SSSR count). The number of hydrogen-bond donors (Lipinski definition) is 1. The van der Waals surface area contributed by atoms with Crippen LogP contribution in [0.4, 0.5) is 18.9 Å². The molecule has 50 heavy (non-hydrogen) atoms. The molecule has 0 bridgehead atoms. The van der Waals surface area contributed by atoms with Crippen molar-refractivity contribution in [1.29, 1.82) is 0 Å². The van der Waals surface area contributed by atoms with E-state index in [1.54, 1.807) is 29.2 Å². The van der Waals surface area contributed by atoms with Crippen LogP contribution in [-0.4, -0.2) is 78.3 Å². The van der Waals surface area contributed by atoms with Crippen LogP contribution < -0.4 is 15.6 Å². The molecule has 9 nitrogen and oxygen atoms in total. The topological polar surface area (TPSA) is 103 Å². The first kappa shape index (κ1) is 35.3. The Morgan fingerprint density at radius 3 is 2.26 bits per heavy atom. The number of hydrogen-bond acceptors (Lipinski definition) is 7. The lowest BCUT2D eigenvalue weighted by Gasteiger charge is -2.38. The third kappa shape index (κ3) is 8.44. The van der Waals surface area contributed by atoms with Gasteiger partial charge in [-0.2, -0.15) is 13.2 Å². The van der Waals surface area contributed by atoms with E-state index in [1.165, 1.54) is 6.07 Å². The van der Waals surface area contributed by atoms with Gasteiger partial charge in [-0.1, -0.05) is 35.9 Å². The number of amides is 3. The Morgan fingerprint density at radius 2 is 1.56 bits per heavy atom. The molecule has 14 heteroatoms. The number of nitrogens with zero attached hydrogens (tertiary/aromatic N) is 3. The van der Waals surface area contributed by atoms with Gasteiger partial charge in [0.05, 0.1) is 10.9 Å². The summed E-state index contributed by atoms with van der Waals surface area (Å²) in [6.45, 7) is 3.07. The van der Waals surface area contributed by atoms with Crippen LogP contribution in [0.1, 0.15) is 45.7 Å². The van der Waals surface area contributed by atoms with Crippen LogP contribution in [0.5, 0.6) is 0 Å². The van der Waals surface area contributed by atoms with Gasteiger partial charge in [-0.25, -0.2) is 0 Å². The van der Waals surface area contributed by atoms with Gasteiger partial charge >= 0.3 is 5.51 Å². The Balaban J connectivity index is 1.18. The number of carbonyl (C=O) groups excluding carboxylic acids is 3. The average Bonchev–Trinajstić information content (AvgIpc) is 3.11. The summed E-state index contributed by atoms with van der Waals surface area (Å²) in [5.41, 5.74) is -3.12. The fourth-order valence-electron chi connectivity index (χ4n) is 6.32. The summed E-state index contributed by atoms with van der Waals surface area (Å²) in [4.78, 5) is 59.2. The van der Waals surface area contributed by atoms with Crippen molar-refractivity contribution in [3.8, 4) is 0 Å². The van der Waals surface area contributed by atoms with Gasteiger partial charge in [0.15, 0.2) is 11.2 Å². The second-order valence-corrected chi connectivity index (χ2v) is 13.8. The second kappa shape index (κ2) is 15.2. The maximum absolute atomic E-state index is 14.0. The van der Waals surface area contributed by atoms with E-state index >= 15 is 0 Å². The smallest absolute Gasteiger partial charge is 0.446 e. The van der Waals surface area contributed by atoms with Crippen molar-refractivity contribution >= 4 is 57.7 Å². The van der Waals surface area contributed by atoms with Gasteiger partial charge < -0.3 is 24.4 Å². The number of rotatable bonds is 8. The lowest BCUT2D eigenvalue weighted by atomic mass is 10.0. The predicted octanol–water partition coefficient (Wildman–Crippen LogP) is 6.37. The Hall–Kier alpha value is -4.49. The summed E-state index contributed by atoms with van der Waals surface area (Å²) in [5.74, 6) is -1.55. The summed E-state index contributed by atoms with van der Waals surface area (Å²) >= 11 is 5.71. The van der Waals surface area contributed by atoms with Gasteiger partial charge in [-0.05, 0) is 79.1 Å². The van der Waals surface area contributed by atoms with Crippen LogP contribution in [0.25, 0.3) is 11.0 Å². The summed E-state index contributed by atoms with van der Waals surface area (Å²) in [6, 6.07) is 17.6. The maximum atomic E-state index is 14.0. The minimum Gasteiger partial charge on any atom is -0.451 e. The molecule has 1 aromatic heterocycles. The maximum Gasteiger partial charge on any atom is 0.446 e. The summed E-state index contributed by atoms with van der Waals surface area (Å²) in [7, 11) is 0. The zero-order valence-electron chi connectivity index (χ0n) is 26.9. The molecule has 1 N–H and O–H groups in total. The van der Waals surface area contributed by atoms with E-state index in [-0.39, 0.29) is 51.6 Å². The van der Waals surface area contributed by atoms with Crippen molar-refractivity contribution in [3.63, 3.8) is 0 Å². The van der Waals surface area contributed by atoms with E-state index in [4.69, 9.17) is 16.0 Å². The van der Waals surface area contributed by atoms with E-state index in [2.05, 4.69) is 10.2 Å². The molecule has 3 amide bonds. The molecule has 262 valence electrons. The fraction of sp³-hybridized carbons (Fsp3) is 0.333. The van der Waals surface area contributed by atoms with E-state index in [0.717, 1.165) is 61.8 Å². The fourth-order valence-corrected chi connectivity index (χ4v) is 7.02. The highest BCUT2D eigenvalue weighted by atomic mass is 35.5. The average molecular weight is 727 g/mol. The molecule has 4 aromatic rings. The summed E-state index contributed by atoms with van der Waals surface area (Å²) < 4.78 is 44.2. The van der Waals surface area contributed by atoms with Crippen molar-refractivity contribution in [2.45, 2.75) is 42.1 Å². The van der Waals surface area contributed by atoms with Crippen LogP contribution in [0.3, 0.4) is 0 Å². The number of fused-ring (bicyclic) bond motifs is 1. The lowest BCUT2D eigenvalue weighted by molar-refractivity contribution is -0.133. The summed E-state index contributed by atoms with van der Waals surface area (Å²) in [6.07, 6.45) is 3.21. The number of benzene rings is 3. The monoisotopic (exact) mass is 726 g/mol. The highest BCUT2D eigenvalue weighted by molar-refractivity contribution is 8.00. The van der Waals surface area contributed by atoms with E-state index in [1.807, 2.05) is 29.2 Å². The van der Waals surface area contributed by atoms with Crippen LogP contribution in [0, 0.1) is 0 Å². The molecule has 0 saturated carbocycles. The van der Waals surface area contributed by atoms with Gasteiger partial charge in [-0.15, -0.1) is 0 Å². The molecule has 1 atom stereocenters. The molecule has 2 saturated heterocycles.